The van der Waals surface area contributed by atoms with E-state index in [2.05, 4.69) is 10.7 Å². The van der Waals surface area contributed by atoms with Gasteiger partial charge in [-0.2, -0.15) is 0 Å². The second kappa shape index (κ2) is 7.41. The number of amides is 3. The first-order valence-electron chi connectivity index (χ1n) is 9.13. The maximum absolute atomic E-state index is 13.0. The minimum absolute atomic E-state index is 0.00579. The molecule has 0 bridgehead atoms. The van der Waals surface area contributed by atoms with Crippen molar-refractivity contribution in [2.75, 3.05) is 18.1 Å². The maximum Gasteiger partial charge on any atom is 0.338 e. The van der Waals surface area contributed by atoms with Crippen LogP contribution < -0.4 is 15.8 Å². The van der Waals surface area contributed by atoms with E-state index in [4.69, 9.17) is 11.6 Å². The number of urea groups is 1. The summed E-state index contributed by atoms with van der Waals surface area (Å²) in [5.74, 6) is -0.323. The number of halogens is 2. The fourth-order valence-corrected chi connectivity index (χ4v) is 3.84. The molecule has 4 rings (SSSR count). The van der Waals surface area contributed by atoms with Crippen molar-refractivity contribution in [3.8, 4) is 0 Å². The summed E-state index contributed by atoms with van der Waals surface area (Å²) in [7, 11) is 0. The molecule has 2 aliphatic heterocycles. The summed E-state index contributed by atoms with van der Waals surface area (Å²) in [5, 5.41) is 4.91. The number of hydrogen-bond donors (Lipinski definition) is 2. The van der Waals surface area contributed by atoms with Crippen molar-refractivity contribution in [1.82, 2.24) is 15.6 Å². The molecule has 2 N–H and O–H groups in total. The molecule has 2 aromatic rings. The quantitative estimate of drug-likeness (QED) is 0.829. The van der Waals surface area contributed by atoms with Gasteiger partial charge in [0.15, 0.2) is 0 Å². The Bertz CT molecular complexity index is 897. The van der Waals surface area contributed by atoms with Crippen LogP contribution in [-0.4, -0.2) is 35.6 Å². The number of nitrogens with zero attached hydrogens (tertiary/aromatic N) is 2. The molecular formula is C20H20ClFN4O2. The highest BCUT2D eigenvalue weighted by atomic mass is 35.5. The van der Waals surface area contributed by atoms with Gasteiger partial charge in [-0.3, -0.25) is 4.79 Å². The fraction of sp³-hybridized carbons (Fsp3) is 0.300. The standard InChI is InChI=1S/C20H20ClFN4O2/c21-16-3-1-2-4-17(16)26-19(28)23-20(24-26)9-11-25(12-10-20)18(27)13-14-5-7-15(22)8-6-14/h1-8,24H,9-13H2,(H,23,28). The van der Waals surface area contributed by atoms with Crippen LogP contribution in [-0.2, 0) is 11.2 Å². The van der Waals surface area contributed by atoms with Gasteiger partial charge in [0.25, 0.3) is 0 Å². The van der Waals surface area contributed by atoms with Gasteiger partial charge in [0.05, 0.1) is 17.1 Å². The monoisotopic (exact) mass is 402 g/mol. The summed E-state index contributed by atoms with van der Waals surface area (Å²) in [6, 6.07) is 12.8. The molecule has 0 atom stereocenters. The molecule has 2 fully saturated rings. The Balaban J connectivity index is 1.38. The van der Waals surface area contributed by atoms with E-state index in [1.807, 2.05) is 6.07 Å². The van der Waals surface area contributed by atoms with E-state index in [1.54, 1.807) is 35.2 Å². The van der Waals surface area contributed by atoms with Gasteiger partial charge in [0.2, 0.25) is 5.91 Å². The van der Waals surface area contributed by atoms with E-state index < -0.39 is 5.66 Å². The largest absolute Gasteiger partial charge is 0.342 e. The predicted molar refractivity (Wildman–Crippen MR) is 104 cm³/mol. The van der Waals surface area contributed by atoms with Crippen LogP contribution in [0.1, 0.15) is 18.4 Å². The normalized spacial score (nSPS) is 18.4. The van der Waals surface area contributed by atoms with Gasteiger partial charge in [-0.25, -0.2) is 19.6 Å². The summed E-state index contributed by atoms with van der Waals surface area (Å²) < 4.78 is 13.0. The molecule has 0 saturated carbocycles. The van der Waals surface area contributed by atoms with Crippen LogP contribution in [0.4, 0.5) is 14.9 Å². The molecule has 0 aliphatic carbocycles. The lowest BCUT2D eigenvalue weighted by Gasteiger charge is -2.39. The SMILES string of the molecule is O=C(Cc1ccc(F)cc1)N1CCC2(CC1)NC(=O)N(c1ccccc1Cl)N2. The summed E-state index contributed by atoms with van der Waals surface area (Å²) >= 11 is 6.21. The highest BCUT2D eigenvalue weighted by Gasteiger charge is 2.45. The molecule has 2 heterocycles. The van der Waals surface area contributed by atoms with Crippen molar-refractivity contribution in [2.45, 2.75) is 24.9 Å². The van der Waals surface area contributed by atoms with Crippen LogP contribution >= 0.6 is 11.6 Å². The van der Waals surface area contributed by atoms with E-state index in [1.165, 1.54) is 17.1 Å². The number of likely N-dealkylation sites (tertiary alicyclic amines) is 1. The van der Waals surface area contributed by atoms with Crippen molar-refractivity contribution in [1.29, 1.82) is 0 Å². The number of benzene rings is 2. The van der Waals surface area contributed by atoms with Gasteiger partial charge < -0.3 is 10.2 Å². The van der Waals surface area contributed by atoms with Gasteiger partial charge in [-0.15, -0.1) is 0 Å². The number of nitrogens with one attached hydrogen (secondary N) is 2. The fourth-order valence-electron chi connectivity index (χ4n) is 3.62. The first kappa shape index (κ1) is 18.7. The van der Waals surface area contributed by atoms with Crippen molar-refractivity contribution in [3.05, 3.63) is 64.9 Å². The van der Waals surface area contributed by atoms with E-state index in [0.717, 1.165) is 5.56 Å². The average Bonchev–Trinajstić information content (AvgIpc) is 3.00. The number of carbonyl (C=O) groups is 2. The molecule has 3 amide bonds. The lowest BCUT2D eigenvalue weighted by Crippen LogP contribution is -2.58. The molecule has 1 spiro atoms. The molecule has 28 heavy (non-hydrogen) atoms. The van der Waals surface area contributed by atoms with Gasteiger partial charge in [0, 0.05) is 25.9 Å². The van der Waals surface area contributed by atoms with Crippen molar-refractivity contribution in [3.63, 3.8) is 0 Å². The Morgan fingerprint density at radius 1 is 1.11 bits per heavy atom. The summed E-state index contributed by atoms with van der Waals surface area (Å²) in [4.78, 5) is 26.8. The van der Waals surface area contributed by atoms with Crippen LogP contribution in [0.2, 0.25) is 5.02 Å². The lowest BCUT2D eigenvalue weighted by atomic mass is 9.97. The number of carbonyl (C=O) groups excluding carboxylic acids is 2. The maximum atomic E-state index is 13.0. The Kier molecular flexibility index (Phi) is 4.95. The Morgan fingerprint density at radius 2 is 1.79 bits per heavy atom. The first-order chi connectivity index (χ1) is 13.5. The van der Waals surface area contributed by atoms with Gasteiger partial charge in [-0.1, -0.05) is 35.9 Å². The summed E-state index contributed by atoms with van der Waals surface area (Å²) in [6.45, 7) is 1.04. The number of rotatable bonds is 3. The Hall–Kier alpha value is -2.64. The van der Waals surface area contributed by atoms with Crippen LogP contribution in [0.15, 0.2) is 48.5 Å². The van der Waals surface area contributed by atoms with Crippen molar-refractivity contribution in [2.24, 2.45) is 0 Å². The van der Waals surface area contributed by atoms with Crippen LogP contribution in [0, 0.1) is 5.82 Å². The van der Waals surface area contributed by atoms with Crippen LogP contribution in [0.3, 0.4) is 0 Å². The molecule has 0 radical (unpaired) electrons. The third-order valence-electron chi connectivity index (χ3n) is 5.21. The molecule has 0 aromatic heterocycles. The summed E-state index contributed by atoms with van der Waals surface area (Å²) in [5.41, 5.74) is 4.02. The zero-order valence-electron chi connectivity index (χ0n) is 15.1. The number of hydrazine groups is 1. The molecule has 8 heteroatoms. The predicted octanol–water partition coefficient (Wildman–Crippen LogP) is 3.07. The molecule has 2 aliphatic rings. The van der Waals surface area contributed by atoms with Gasteiger partial charge in [-0.05, 0) is 29.8 Å². The lowest BCUT2D eigenvalue weighted by molar-refractivity contribution is -0.132. The third kappa shape index (κ3) is 3.68. The topological polar surface area (TPSA) is 64.7 Å². The molecule has 0 unspecified atom stereocenters. The minimum Gasteiger partial charge on any atom is -0.342 e. The van der Waals surface area contributed by atoms with Crippen molar-refractivity contribution < 1.29 is 14.0 Å². The van der Waals surface area contributed by atoms with Crippen LogP contribution in [0.25, 0.3) is 0 Å². The first-order valence-corrected chi connectivity index (χ1v) is 9.50. The second-order valence-corrected chi connectivity index (χ2v) is 7.50. The molecule has 146 valence electrons. The zero-order valence-corrected chi connectivity index (χ0v) is 15.9. The van der Waals surface area contributed by atoms with Gasteiger partial charge in [0.1, 0.15) is 11.5 Å². The zero-order chi connectivity index (χ0) is 19.7. The van der Waals surface area contributed by atoms with E-state index in [9.17, 15) is 14.0 Å². The molecule has 2 aromatic carbocycles. The number of piperidine rings is 1. The molecule has 2 saturated heterocycles. The Labute approximate surface area is 167 Å². The minimum atomic E-state index is -0.594. The van der Waals surface area contributed by atoms with E-state index in [-0.39, 0.29) is 24.2 Å². The number of para-hydroxylation sites is 1. The van der Waals surface area contributed by atoms with Crippen molar-refractivity contribution >= 4 is 29.2 Å². The number of hydrogen-bond acceptors (Lipinski definition) is 3. The average molecular weight is 403 g/mol. The smallest absolute Gasteiger partial charge is 0.338 e. The molecular weight excluding hydrogens is 383 g/mol. The van der Waals surface area contributed by atoms with Crippen LogP contribution in [0.5, 0.6) is 0 Å². The summed E-state index contributed by atoms with van der Waals surface area (Å²) in [6.07, 6.45) is 1.39. The highest BCUT2D eigenvalue weighted by molar-refractivity contribution is 6.33. The van der Waals surface area contributed by atoms with E-state index >= 15 is 0 Å². The van der Waals surface area contributed by atoms with Gasteiger partial charge >= 0.3 is 6.03 Å². The number of anilines is 1. The highest BCUT2D eigenvalue weighted by Crippen LogP contribution is 2.31. The Morgan fingerprint density at radius 3 is 2.46 bits per heavy atom. The van der Waals surface area contributed by atoms with E-state index in [0.29, 0.717) is 36.6 Å². The second-order valence-electron chi connectivity index (χ2n) is 7.09. The third-order valence-corrected chi connectivity index (χ3v) is 5.53. The molecule has 6 nitrogen and oxygen atoms in total.